The fraction of sp³-hybridized carbons (Fsp3) is 0.333. The second kappa shape index (κ2) is 9.46. The maximum Gasteiger partial charge on any atom is 0.124 e. The lowest BCUT2D eigenvalue weighted by atomic mass is 10.0. The number of ether oxygens (including phenoxy) is 1. The van der Waals surface area contributed by atoms with Gasteiger partial charge in [0.05, 0.1) is 6.61 Å². The Morgan fingerprint density at radius 3 is 2.73 bits per heavy atom. The second-order valence-corrected chi connectivity index (χ2v) is 5.03. The summed E-state index contributed by atoms with van der Waals surface area (Å²) < 4.78 is 5.77. The SMILES string of the molecule is C=CCOc1ccc2ccccc2c1CNC(CC)CO.Cl. The van der Waals surface area contributed by atoms with E-state index in [9.17, 15) is 5.11 Å². The van der Waals surface area contributed by atoms with E-state index in [2.05, 4.69) is 37.0 Å². The maximum absolute atomic E-state index is 9.32. The summed E-state index contributed by atoms with van der Waals surface area (Å²) in [6.45, 7) is 7.06. The van der Waals surface area contributed by atoms with Crippen molar-refractivity contribution in [3.05, 3.63) is 54.6 Å². The van der Waals surface area contributed by atoms with Gasteiger partial charge in [0.2, 0.25) is 0 Å². The molecule has 0 spiro atoms. The molecule has 2 N–H and O–H groups in total. The van der Waals surface area contributed by atoms with Crippen molar-refractivity contribution in [1.82, 2.24) is 5.32 Å². The Balaban J connectivity index is 0.00000242. The molecule has 0 heterocycles. The van der Waals surface area contributed by atoms with Crippen molar-refractivity contribution in [3.63, 3.8) is 0 Å². The summed E-state index contributed by atoms with van der Waals surface area (Å²) >= 11 is 0. The van der Waals surface area contributed by atoms with Gasteiger partial charge in [0.15, 0.2) is 0 Å². The van der Waals surface area contributed by atoms with Crippen LogP contribution in [0.2, 0.25) is 0 Å². The van der Waals surface area contributed by atoms with Crippen molar-refractivity contribution >= 4 is 23.2 Å². The Bertz CT molecular complexity index is 597. The van der Waals surface area contributed by atoms with E-state index < -0.39 is 0 Å². The molecule has 0 fully saturated rings. The van der Waals surface area contributed by atoms with E-state index in [0.717, 1.165) is 17.7 Å². The minimum absolute atomic E-state index is 0. The highest BCUT2D eigenvalue weighted by atomic mass is 35.5. The number of aliphatic hydroxyl groups excluding tert-OH is 1. The van der Waals surface area contributed by atoms with Gasteiger partial charge >= 0.3 is 0 Å². The minimum atomic E-state index is 0. The number of fused-ring (bicyclic) bond motifs is 1. The van der Waals surface area contributed by atoms with Gasteiger partial charge in [0, 0.05) is 18.2 Å². The molecule has 120 valence electrons. The fourth-order valence-electron chi connectivity index (χ4n) is 2.37. The van der Waals surface area contributed by atoms with Gasteiger partial charge in [-0.2, -0.15) is 0 Å². The summed E-state index contributed by atoms with van der Waals surface area (Å²) in [5.41, 5.74) is 1.13. The molecule has 0 amide bonds. The molecule has 2 aromatic rings. The first-order chi connectivity index (χ1) is 10.3. The fourth-order valence-corrected chi connectivity index (χ4v) is 2.37. The van der Waals surface area contributed by atoms with E-state index >= 15 is 0 Å². The number of rotatable bonds is 8. The standard InChI is InChI=1S/C18H23NO2.ClH/c1-3-11-21-18-10-9-14-7-5-6-8-16(14)17(18)12-19-15(4-2)13-20;/h3,5-10,15,19-20H,1,4,11-13H2,2H3;1H. The first-order valence-corrected chi connectivity index (χ1v) is 7.38. The van der Waals surface area contributed by atoms with E-state index in [1.54, 1.807) is 6.08 Å². The molecule has 0 bridgehead atoms. The largest absolute Gasteiger partial charge is 0.489 e. The number of hydrogen-bond donors (Lipinski definition) is 2. The van der Waals surface area contributed by atoms with Crippen LogP contribution in [-0.2, 0) is 6.54 Å². The van der Waals surface area contributed by atoms with Crippen LogP contribution in [0.25, 0.3) is 10.8 Å². The minimum Gasteiger partial charge on any atom is -0.489 e. The van der Waals surface area contributed by atoms with Gasteiger partial charge in [-0.15, -0.1) is 12.4 Å². The Hall–Kier alpha value is -1.55. The van der Waals surface area contributed by atoms with E-state index in [1.165, 1.54) is 10.8 Å². The molecule has 3 nitrogen and oxygen atoms in total. The van der Waals surface area contributed by atoms with Gasteiger partial charge in [-0.25, -0.2) is 0 Å². The van der Waals surface area contributed by atoms with Crippen LogP contribution in [0.5, 0.6) is 5.75 Å². The van der Waals surface area contributed by atoms with Gasteiger partial charge in [-0.05, 0) is 23.3 Å². The summed E-state index contributed by atoms with van der Waals surface area (Å²) in [6.07, 6.45) is 2.64. The van der Waals surface area contributed by atoms with Crippen LogP contribution in [0.4, 0.5) is 0 Å². The van der Waals surface area contributed by atoms with Crippen LogP contribution in [0.15, 0.2) is 49.1 Å². The normalized spacial score (nSPS) is 11.7. The zero-order chi connectivity index (χ0) is 15.1. The number of halogens is 1. The van der Waals surface area contributed by atoms with E-state index in [1.807, 2.05) is 18.2 Å². The molecule has 2 aromatic carbocycles. The van der Waals surface area contributed by atoms with Crippen LogP contribution >= 0.6 is 12.4 Å². The van der Waals surface area contributed by atoms with Crippen LogP contribution in [0.3, 0.4) is 0 Å². The number of benzene rings is 2. The average molecular weight is 322 g/mol. The molecule has 1 unspecified atom stereocenters. The molecule has 0 saturated heterocycles. The van der Waals surface area contributed by atoms with Crippen LogP contribution in [0, 0.1) is 0 Å². The highest BCUT2D eigenvalue weighted by Crippen LogP contribution is 2.28. The third-order valence-electron chi connectivity index (χ3n) is 3.63. The first-order valence-electron chi connectivity index (χ1n) is 7.38. The molecular weight excluding hydrogens is 298 g/mol. The van der Waals surface area contributed by atoms with Gasteiger partial charge in [0.25, 0.3) is 0 Å². The maximum atomic E-state index is 9.32. The van der Waals surface area contributed by atoms with Crippen molar-refractivity contribution in [3.8, 4) is 5.75 Å². The molecular formula is C18H24ClNO2. The zero-order valence-corrected chi connectivity index (χ0v) is 13.7. The number of aliphatic hydroxyl groups is 1. The topological polar surface area (TPSA) is 41.5 Å². The molecule has 4 heteroatoms. The van der Waals surface area contributed by atoms with Gasteiger partial charge in [-0.1, -0.05) is 49.9 Å². The second-order valence-electron chi connectivity index (χ2n) is 5.03. The number of nitrogens with one attached hydrogen (secondary N) is 1. The Labute approximate surface area is 138 Å². The summed E-state index contributed by atoms with van der Waals surface area (Å²) in [5, 5.41) is 15.1. The molecule has 0 saturated carbocycles. The first kappa shape index (κ1) is 18.5. The third-order valence-corrected chi connectivity index (χ3v) is 3.63. The Morgan fingerprint density at radius 2 is 2.05 bits per heavy atom. The third kappa shape index (κ3) is 4.47. The highest BCUT2D eigenvalue weighted by Gasteiger charge is 2.11. The van der Waals surface area contributed by atoms with E-state index in [4.69, 9.17) is 4.74 Å². The lowest BCUT2D eigenvalue weighted by molar-refractivity contribution is 0.238. The number of hydrogen-bond acceptors (Lipinski definition) is 3. The monoisotopic (exact) mass is 321 g/mol. The van der Waals surface area contributed by atoms with E-state index in [0.29, 0.717) is 13.2 Å². The van der Waals surface area contributed by atoms with Crippen molar-refractivity contribution < 1.29 is 9.84 Å². The van der Waals surface area contributed by atoms with Crippen molar-refractivity contribution in [1.29, 1.82) is 0 Å². The van der Waals surface area contributed by atoms with Gasteiger partial charge in [0.1, 0.15) is 12.4 Å². The van der Waals surface area contributed by atoms with Crippen LogP contribution < -0.4 is 10.1 Å². The van der Waals surface area contributed by atoms with E-state index in [-0.39, 0.29) is 25.1 Å². The molecule has 22 heavy (non-hydrogen) atoms. The molecule has 0 radical (unpaired) electrons. The van der Waals surface area contributed by atoms with Crippen molar-refractivity contribution in [2.45, 2.75) is 25.9 Å². The molecule has 0 aliphatic rings. The summed E-state index contributed by atoms with van der Waals surface area (Å²) in [6, 6.07) is 12.4. The predicted octanol–water partition coefficient (Wildman–Crippen LogP) is 3.69. The highest BCUT2D eigenvalue weighted by molar-refractivity contribution is 5.87. The molecule has 2 rings (SSSR count). The van der Waals surface area contributed by atoms with Crippen LogP contribution in [-0.4, -0.2) is 24.4 Å². The molecule has 1 atom stereocenters. The summed E-state index contributed by atoms with van der Waals surface area (Å²) in [5.74, 6) is 0.869. The summed E-state index contributed by atoms with van der Waals surface area (Å²) in [4.78, 5) is 0. The van der Waals surface area contributed by atoms with Gasteiger partial charge in [-0.3, -0.25) is 0 Å². The smallest absolute Gasteiger partial charge is 0.124 e. The molecule has 0 aromatic heterocycles. The lowest BCUT2D eigenvalue weighted by Crippen LogP contribution is -2.31. The Morgan fingerprint density at radius 1 is 1.27 bits per heavy atom. The molecule has 0 aliphatic heterocycles. The van der Waals surface area contributed by atoms with Crippen molar-refractivity contribution in [2.75, 3.05) is 13.2 Å². The predicted molar refractivity (Wildman–Crippen MR) is 94.9 cm³/mol. The average Bonchev–Trinajstić information content (AvgIpc) is 2.54. The molecule has 0 aliphatic carbocycles. The van der Waals surface area contributed by atoms with Crippen molar-refractivity contribution in [2.24, 2.45) is 0 Å². The van der Waals surface area contributed by atoms with Gasteiger partial charge < -0.3 is 15.2 Å². The quantitative estimate of drug-likeness (QED) is 0.729. The van der Waals surface area contributed by atoms with Crippen LogP contribution in [0.1, 0.15) is 18.9 Å². The zero-order valence-electron chi connectivity index (χ0n) is 12.9. The summed E-state index contributed by atoms with van der Waals surface area (Å²) in [7, 11) is 0. The Kier molecular flexibility index (Phi) is 7.96. The lowest BCUT2D eigenvalue weighted by Gasteiger charge is -2.18.